The summed E-state index contributed by atoms with van der Waals surface area (Å²) in [5, 5.41) is 3.31. The number of benzene rings is 1. The van der Waals surface area contributed by atoms with Crippen LogP contribution in [0.25, 0.3) is 21.3 Å². The summed E-state index contributed by atoms with van der Waals surface area (Å²) >= 11 is 1.74. The molecule has 0 aliphatic heterocycles. The quantitative estimate of drug-likeness (QED) is 0.677. The Kier molecular flexibility index (Phi) is 2.53. The highest BCUT2D eigenvalue weighted by atomic mass is 32.1. The molecule has 0 unspecified atom stereocenters. The van der Waals surface area contributed by atoms with Gasteiger partial charge in [0.1, 0.15) is 5.75 Å². The predicted molar refractivity (Wildman–Crippen MR) is 71.6 cm³/mol. The van der Waals surface area contributed by atoms with Crippen LogP contribution in [0.4, 0.5) is 0 Å². The highest BCUT2D eigenvalue weighted by Gasteiger charge is 2.05. The summed E-state index contributed by atoms with van der Waals surface area (Å²) in [5.74, 6) is 0.867. The van der Waals surface area contributed by atoms with Crippen molar-refractivity contribution in [2.45, 2.75) is 0 Å². The van der Waals surface area contributed by atoms with Gasteiger partial charge in [-0.15, -0.1) is 11.3 Å². The van der Waals surface area contributed by atoms with Crippen LogP contribution in [-0.4, -0.2) is 12.1 Å². The Morgan fingerprint density at radius 3 is 2.65 bits per heavy atom. The number of fused-ring (bicyclic) bond motifs is 1. The molecule has 0 atom stereocenters. The Labute approximate surface area is 104 Å². The average molecular weight is 241 g/mol. The normalized spacial score (nSPS) is 10.6. The van der Waals surface area contributed by atoms with Gasteiger partial charge in [-0.25, -0.2) is 0 Å². The molecular weight excluding hydrogens is 230 g/mol. The standard InChI is InChI=1S/C14H11NOS/c1-16-11-4-2-10(3-5-11)14-12-7-9-17-13(12)6-8-15-14/h2-9H,1H3. The van der Waals surface area contributed by atoms with Gasteiger partial charge >= 0.3 is 0 Å². The second-order valence-corrected chi connectivity index (χ2v) is 4.67. The summed E-state index contributed by atoms with van der Waals surface area (Å²) in [4.78, 5) is 4.47. The molecule has 84 valence electrons. The van der Waals surface area contributed by atoms with Crippen molar-refractivity contribution in [3.8, 4) is 17.0 Å². The van der Waals surface area contributed by atoms with Crippen LogP contribution in [0.2, 0.25) is 0 Å². The molecule has 3 heteroatoms. The summed E-state index contributed by atoms with van der Waals surface area (Å²) < 4.78 is 6.43. The van der Waals surface area contributed by atoms with Crippen LogP contribution in [0.1, 0.15) is 0 Å². The lowest BCUT2D eigenvalue weighted by Crippen LogP contribution is -1.85. The number of pyridine rings is 1. The predicted octanol–water partition coefficient (Wildman–Crippen LogP) is 3.97. The van der Waals surface area contributed by atoms with E-state index < -0.39 is 0 Å². The highest BCUT2D eigenvalue weighted by Crippen LogP contribution is 2.30. The molecule has 1 aromatic carbocycles. The number of rotatable bonds is 2. The summed E-state index contributed by atoms with van der Waals surface area (Å²) in [6.07, 6.45) is 1.86. The van der Waals surface area contributed by atoms with Crippen LogP contribution in [0, 0.1) is 0 Å². The van der Waals surface area contributed by atoms with Gasteiger partial charge in [-0.2, -0.15) is 0 Å². The van der Waals surface area contributed by atoms with Crippen LogP contribution < -0.4 is 4.74 Å². The first-order valence-corrected chi connectivity index (χ1v) is 6.23. The first-order valence-electron chi connectivity index (χ1n) is 5.35. The molecule has 2 aromatic heterocycles. The Balaban J connectivity index is 2.16. The lowest BCUT2D eigenvalue weighted by Gasteiger charge is -2.04. The van der Waals surface area contributed by atoms with Crippen molar-refractivity contribution >= 4 is 21.4 Å². The van der Waals surface area contributed by atoms with Crippen molar-refractivity contribution in [2.24, 2.45) is 0 Å². The van der Waals surface area contributed by atoms with E-state index in [4.69, 9.17) is 4.74 Å². The molecule has 0 saturated heterocycles. The first-order chi connectivity index (χ1) is 8.38. The SMILES string of the molecule is COc1ccc(-c2nccc3sccc23)cc1. The van der Waals surface area contributed by atoms with Crippen molar-refractivity contribution in [1.82, 2.24) is 4.98 Å². The van der Waals surface area contributed by atoms with Crippen LogP contribution in [-0.2, 0) is 0 Å². The molecule has 0 fully saturated rings. The lowest BCUT2D eigenvalue weighted by molar-refractivity contribution is 0.415. The third kappa shape index (κ3) is 1.78. The maximum Gasteiger partial charge on any atom is 0.118 e. The number of nitrogens with zero attached hydrogens (tertiary/aromatic N) is 1. The average Bonchev–Trinajstić information content (AvgIpc) is 2.87. The van der Waals surface area contributed by atoms with Crippen molar-refractivity contribution in [3.63, 3.8) is 0 Å². The molecule has 0 N–H and O–H groups in total. The number of thiophene rings is 1. The van der Waals surface area contributed by atoms with E-state index in [-0.39, 0.29) is 0 Å². The van der Waals surface area contributed by atoms with E-state index in [1.807, 2.05) is 36.5 Å². The number of ether oxygens (including phenoxy) is 1. The summed E-state index contributed by atoms with van der Waals surface area (Å²) in [6, 6.07) is 12.2. The zero-order chi connectivity index (χ0) is 11.7. The number of methoxy groups -OCH3 is 1. The molecule has 0 spiro atoms. The molecule has 2 heterocycles. The minimum absolute atomic E-state index is 0.867. The molecule has 17 heavy (non-hydrogen) atoms. The lowest BCUT2D eigenvalue weighted by atomic mass is 10.1. The molecule has 0 radical (unpaired) electrons. The van der Waals surface area contributed by atoms with Crippen LogP contribution in [0.5, 0.6) is 5.75 Å². The van der Waals surface area contributed by atoms with Gasteiger partial charge in [0.05, 0.1) is 12.8 Å². The van der Waals surface area contributed by atoms with Crippen LogP contribution in [0.3, 0.4) is 0 Å². The fraction of sp³-hybridized carbons (Fsp3) is 0.0714. The molecule has 0 aliphatic carbocycles. The van der Waals surface area contributed by atoms with Crippen molar-refractivity contribution in [1.29, 1.82) is 0 Å². The number of hydrogen-bond donors (Lipinski definition) is 0. The molecule has 0 bridgehead atoms. The highest BCUT2D eigenvalue weighted by molar-refractivity contribution is 7.17. The second kappa shape index (κ2) is 4.18. The fourth-order valence-corrected chi connectivity index (χ4v) is 2.66. The minimum atomic E-state index is 0.867. The maximum atomic E-state index is 5.16. The Bertz CT molecular complexity index is 643. The van der Waals surface area contributed by atoms with Crippen LogP contribution in [0.15, 0.2) is 48.0 Å². The van der Waals surface area contributed by atoms with Gasteiger partial charge in [0.25, 0.3) is 0 Å². The molecular formula is C14H11NOS. The molecule has 3 rings (SSSR count). The fourth-order valence-electron chi connectivity index (χ4n) is 1.87. The van der Waals surface area contributed by atoms with Gasteiger partial charge in [-0.1, -0.05) is 0 Å². The molecule has 2 nitrogen and oxygen atoms in total. The maximum absolute atomic E-state index is 5.16. The summed E-state index contributed by atoms with van der Waals surface area (Å²) in [5.41, 5.74) is 2.15. The topological polar surface area (TPSA) is 22.1 Å². The van der Waals surface area contributed by atoms with Gasteiger partial charge in [0.15, 0.2) is 0 Å². The van der Waals surface area contributed by atoms with Crippen molar-refractivity contribution in [2.75, 3.05) is 7.11 Å². The van der Waals surface area contributed by atoms with E-state index in [1.165, 1.54) is 10.1 Å². The van der Waals surface area contributed by atoms with Crippen molar-refractivity contribution in [3.05, 3.63) is 48.0 Å². The second-order valence-electron chi connectivity index (χ2n) is 3.72. The smallest absolute Gasteiger partial charge is 0.118 e. The first kappa shape index (κ1) is 10.3. The van der Waals surface area contributed by atoms with Gasteiger partial charge in [0, 0.05) is 21.8 Å². The zero-order valence-electron chi connectivity index (χ0n) is 9.38. The van der Waals surface area contributed by atoms with Gasteiger partial charge < -0.3 is 4.74 Å². The van der Waals surface area contributed by atoms with E-state index >= 15 is 0 Å². The zero-order valence-corrected chi connectivity index (χ0v) is 10.2. The monoisotopic (exact) mass is 241 g/mol. The van der Waals surface area contributed by atoms with E-state index in [2.05, 4.69) is 16.4 Å². The van der Waals surface area contributed by atoms with Crippen molar-refractivity contribution < 1.29 is 4.74 Å². The van der Waals surface area contributed by atoms with Gasteiger partial charge in [0.2, 0.25) is 0 Å². The third-order valence-electron chi connectivity index (χ3n) is 2.74. The molecule has 3 aromatic rings. The summed E-state index contributed by atoms with van der Waals surface area (Å²) in [7, 11) is 1.67. The van der Waals surface area contributed by atoms with Gasteiger partial charge in [-0.3, -0.25) is 4.98 Å². The molecule has 0 saturated carbocycles. The Morgan fingerprint density at radius 1 is 1.06 bits per heavy atom. The molecule has 0 aliphatic rings. The minimum Gasteiger partial charge on any atom is -0.497 e. The summed E-state index contributed by atoms with van der Waals surface area (Å²) in [6.45, 7) is 0. The number of hydrogen-bond acceptors (Lipinski definition) is 3. The Hall–Kier alpha value is -1.87. The Morgan fingerprint density at radius 2 is 1.88 bits per heavy atom. The van der Waals surface area contributed by atoms with Crippen LogP contribution >= 0.6 is 11.3 Å². The van der Waals surface area contributed by atoms with E-state index in [0.717, 1.165) is 17.0 Å². The van der Waals surface area contributed by atoms with Gasteiger partial charge in [-0.05, 0) is 41.8 Å². The van der Waals surface area contributed by atoms with E-state index in [0.29, 0.717) is 0 Å². The number of aromatic nitrogens is 1. The largest absolute Gasteiger partial charge is 0.497 e. The molecule has 0 amide bonds. The third-order valence-corrected chi connectivity index (χ3v) is 3.63. The van der Waals surface area contributed by atoms with E-state index in [1.54, 1.807) is 18.4 Å². The van der Waals surface area contributed by atoms with E-state index in [9.17, 15) is 0 Å².